The topological polar surface area (TPSA) is 166 Å². The van der Waals surface area contributed by atoms with Crippen molar-refractivity contribution in [1.82, 2.24) is 31.5 Å². The molecule has 13 heteroatoms. The Balaban J connectivity index is 1.49. The van der Waals surface area contributed by atoms with Crippen LogP contribution < -0.4 is 26.6 Å². The molecule has 12 nitrogen and oxygen atoms in total. The average molecular weight is 729 g/mol. The van der Waals surface area contributed by atoms with Crippen LogP contribution >= 0.6 is 11.8 Å². The number of rotatable bonds is 9. The minimum Gasteiger partial charge on any atom is -0.345 e. The lowest BCUT2D eigenvalue weighted by molar-refractivity contribution is -0.141. The van der Waals surface area contributed by atoms with Crippen LogP contribution in [0.2, 0.25) is 0 Å². The lowest BCUT2D eigenvalue weighted by Gasteiger charge is -2.30. The van der Waals surface area contributed by atoms with Gasteiger partial charge in [0.05, 0.1) is 6.54 Å². The summed E-state index contributed by atoms with van der Waals surface area (Å²) in [6.45, 7) is 3.68. The third-order valence-electron chi connectivity index (χ3n) is 9.47. The fraction of sp³-hybridized carbons (Fsp3) is 0.436. The van der Waals surface area contributed by atoms with Crippen molar-refractivity contribution < 1.29 is 28.8 Å². The van der Waals surface area contributed by atoms with Crippen molar-refractivity contribution in [2.75, 3.05) is 25.1 Å². The average Bonchev–Trinajstić information content (AvgIpc) is 3.49. The predicted molar refractivity (Wildman–Crippen MR) is 201 cm³/mol. The van der Waals surface area contributed by atoms with E-state index in [0.29, 0.717) is 18.6 Å². The van der Waals surface area contributed by atoms with Crippen molar-refractivity contribution in [3.05, 3.63) is 83.9 Å². The number of carbonyl (C=O) groups excluding carboxylic acids is 6. The Kier molecular flexibility index (Phi) is 13.3. The van der Waals surface area contributed by atoms with Gasteiger partial charge in [-0.3, -0.25) is 28.8 Å². The molecule has 276 valence electrons. The molecule has 0 aromatic heterocycles. The van der Waals surface area contributed by atoms with Crippen LogP contribution in [0.5, 0.6) is 0 Å². The second kappa shape index (κ2) is 18.0. The number of carbonyl (C=O) groups is 6. The molecule has 0 radical (unpaired) electrons. The molecule has 0 saturated carbocycles. The predicted octanol–water partition coefficient (Wildman–Crippen LogP) is 2.09. The zero-order chi connectivity index (χ0) is 37.2. The van der Waals surface area contributed by atoms with E-state index in [1.54, 1.807) is 0 Å². The van der Waals surface area contributed by atoms with E-state index in [1.165, 1.54) is 16.7 Å². The van der Waals surface area contributed by atoms with Crippen molar-refractivity contribution in [2.24, 2.45) is 5.92 Å². The second-order valence-electron chi connectivity index (χ2n) is 13.8. The maximum absolute atomic E-state index is 14.2. The van der Waals surface area contributed by atoms with E-state index in [-0.39, 0.29) is 31.7 Å². The van der Waals surface area contributed by atoms with E-state index >= 15 is 0 Å². The van der Waals surface area contributed by atoms with Crippen LogP contribution in [0.3, 0.4) is 0 Å². The molecule has 0 aliphatic carbocycles. The summed E-state index contributed by atoms with van der Waals surface area (Å²) in [6.07, 6.45) is 3.04. The molecular weight excluding hydrogens is 681 g/mol. The molecule has 2 aliphatic heterocycles. The van der Waals surface area contributed by atoms with Gasteiger partial charge in [0, 0.05) is 19.4 Å². The van der Waals surface area contributed by atoms with Crippen LogP contribution in [-0.2, 0) is 41.6 Å². The summed E-state index contributed by atoms with van der Waals surface area (Å²) in [5.74, 6) is -2.55. The monoisotopic (exact) mass is 728 g/mol. The Morgan fingerprint density at radius 1 is 0.731 bits per heavy atom. The van der Waals surface area contributed by atoms with Crippen LogP contribution in [0.1, 0.15) is 44.2 Å². The number of nitrogens with one attached hydrogen (secondary N) is 5. The highest BCUT2D eigenvalue weighted by molar-refractivity contribution is 7.98. The van der Waals surface area contributed by atoms with Crippen LogP contribution in [0.4, 0.5) is 0 Å². The van der Waals surface area contributed by atoms with Gasteiger partial charge in [-0.2, -0.15) is 11.8 Å². The number of hydrogen-bond donors (Lipinski definition) is 5. The van der Waals surface area contributed by atoms with Crippen molar-refractivity contribution in [1.29, 1.82) is 0 Å². The van der Waals surface area contributed by atoms with Gasteiger partial charge in [0.15, 0.2) is 0 Å². The maximum Gasteiger partial charge on any atom is 0.245 e. The van der Waals surface area contributed by atoms with E-state index in [0.717, 1.165) is 21.9 Å². The second-order valence-corrected chi connectivity index (χ2v) is 14.8. The lowest BCUT2D eigenvalue weighted by Crippen LogP contribution is -2.59. The maximum atomic E-state index is 14.2. The molecule has 3 aromatic carbocycles. The molecule has 0 spiro atoms. The zero-order valence-electron chi connectivity index (χ0n) is 29.9. The molecule has 2 fully saturated rings. The van der Waals surface area contributed by atoms with Gasteiger partial charge in [0.2, 0.25) is 35.4 Å². The van der Waals surface area contributed by atoms with Gasteiger partial charge in [-0.25, -0.2) is 0 Å². The van der Waals surface area contributed by atoms with Gasteiger partial charge in [-0.05, 0) is 59.1 Å². The van der Waals surface area contributed by atoms with Crippen LogP contribution in [-0.4, -0.2) is 95.7 Å². The Morgan fingerprint density at radius 3 is 2.15 bits per heavy atom. The molecule has 5 N–H and O–H groups in total. The molecule has 2 saturated heterocycles. The van der Waals surface area contributed by atoms with Crippen LogP contribution in [0.15, 0.2) is 72.8 Å². The fourth-order valence-corrected chi connectivity index (χ4v) is 7.25. The first-order chi connectivity index (χ1) is 25.0. The highest BCUT2D eigenvalue weighted by Gasteiger charge is 2.41. The first kappa shape index (κ1) is 38.3. The molecule has 5 atom stereocenters. The first-order valence-electron chi connectivity index (χ1n) is 17.8. The largest absolute Gasteiger partial charge is 0.345 e. The molecular formula is C39H48N6O6S. The Bertz CT molecular complexity index is 1760. The van der Waals surface area contributed by atoms with Gasteiger partial charge in [-0.1, -0.05) is 86.6 Å². The number of fused-ring (bicyclic) bond motifs is 3. The fourth-order valence-electron chi connectivity index (χ4n) is 6.78. The third kappa shape index (κ3) is 9.90. The van der Waals surface area contributed by atoms with Gasteiger partial charge >= 0.3 is 0 Å². The SMILES string of the molecule is CSCC[C@@H]1NC(=O)[C@H](CC(C)C)N2CC[C@@H](NC(=O)[C@H](Cc3ccccc3)NC(=O)[C@H](Cc3cccc4ccccc34)NC(=O)CNC1=O)C2=O. The van der Waals surface area contributed by atoms with E-state index in [1.807, 2.05) is 92.9 Å². The molecule has 0 unspecified atom stereocenters. The quantitative estimate of drug-likeness (QED) is 0.225. The Labute approximate surface area is 308 Å². The van der Waals surface area contributed by atoms with Crippen molar-refractivity contribution >= 4 is 58.0 Å². The van der Waals surface area contributed by atoms with Gasteiger partial charge in [-0.15, -0.1) is 0 Å². The number of nitrogens with zero attached hydrogens (tertiary/aromatic N) is 1. The van der Waals surface area contributed by atoms with E-state index in [4.69, 9.17) is 0 Å². The summed E-state index contributed by atoms with van der Waals surface area (Å²) in [5, 5.41) is 15.9. The molecule has 2 heterocycles. The molecule has 5 rings (SSSR count). The highest BCUT2D eigenvalue weighted by Crippen LogP contribution is 2.22. The molecule has 52 heavy (non-hydrogen) atoms. The molecule has 3 aromatic rings. The third-order valence-corrected chi connectivity index (χ3v) is 10.1. The summed E-state index contributed by atoms with van der Waals surface area (Å²) >= 11 is 1.51. The number of benzene rings is 3. The normalized spacial score (nSPS) is 23.7. The number of hydrogen-bond acceptors (Lipinski definition) is 7. The molecule has 2 bridgehead atoms. The molecule has 2 aliphatic rings. The zero-order valence-corrected chi connectivity index (χ0v) is 30.7. The smallest absolute Gasteiger partial charge is 0.245 e. The summed E-state index contributed by atoms with van der Waals surface area (Å²) in [7, 11) is 0. The highest BCUT2D eigenvalue weighted by atomic mass is 32.2. The van der Waals surface area contributed by atoms with E-state index in [2.05, 4.69) is 26.6 Å². The van der Waals surface area contributed by atoms with Crippen LogP contribution in [0.25, 0.3) is 10.8 Å². The van der Waals surface area contributed by atoms with Gasteiger partial charge in [0.1, 0.15) is 30.2 Å². The Morgan fingerprint density at radius 2 is 1.40 bits per heavy atom. The lowest BCUT2D eigenvalue weighted by atomic mass is 9.97. The summed E-state index contributed by atoms with van der Waals surface area (Å²) < 4.78 is 0. The Hall–Kier alpha value is -4.91. The van der Waals surface area contributed by atoms with Crippen LogP contribution in [0, 0.1) is 5.92 Å². The van der Waals surface area contributed by atoms with Gasteiger partial charge < -0.3 is 31.5 Å². The summed E-state index contributed by atoms with van der Waals surface area (Å²) in [6, 6.07) is 17.7. The minimum atomic E-state index is -1.12. The van der Waals surface area contributed by atoms with Crippen molar-refractivity contribution in [2.45, 2.75) is 76.2 Å². The number of amides is 6. The number of thioether (sulfide) groups is 1. The summed E-state index contributed by atoms with van der Waals surface area (Å²) in [4.78, 5) is 84.2. The van der Waals surface area contributed by atoms with E-state index in [9.17, 15) is 28.8 Å². The standard InChI is InChI=1S/C39H48N6O6S/c1-24(2)20-33-38(50)42-29(17-19-52-3)35(47)40-23-34(46)41-32(22-27-14-9-13-26-12-7-8-15-28(26)27)37(49)44-31(21-25-10-5-4-6-11-25)36(48)43-30-16-18-45(33)39(30)51/h4-15,24,29-33H,16-23H2,1-3H3,(H,40,47)(H,41,46)(H,42,50)(H,43,48)(H,44,49)/t29-,30+,31-,32-,33-/m0/s1. The first-order valence-corrected chi connectivity index (χ1v) is 19.2. The van der Waals surface area contributed by atoms with Crippen molar-refractivity contribution in [3.8, 4) is 0 Å². The summed E-state index contributed by atoms with van der Waals surface area (Å²) in [5.41, 5.74) is 1.59. The van der Waals surface area contributed by atoms with Gasteiger partial charge in [0.25, 0.3) is 0 Å². The minimum absolute atomic E-state index is 0.0458. The molecule has 6 amide bonds. The van der Waals surface area contributed by atoms with E-state index < -0.39 is 72.2 Å². The van der Waals surface area contributed by atoms with Crippen molar-refractivity contribution in [3.63, 3.8) is 0 Å².